The molecule has 5 rings (SSSR count). The monoisotopic (exact) mass is 475 g/mol. The number of benzene rings is 1. The summed E-state index contributed by atoms with van der Waals surface area (Å²) < 4.78 is 43.4. The molecule has 1 fully saturated rings. The SMILES string of the molecule is Cn1ncc2c(N3CCN(C(=O)CN4CCCc5cc(OC(F)(F)F)ccc54)CC3)ncnc21. The second kappa shape index (κ2) is 8.65. The second-order valence-electron chi connectivity index (χ2n) is 8.43. The van der Waals surface area contributed by atoms with E-state index in [-0.39, 0.29) is 18.2 Å². The van der Waals surface area contributed by atoms with Crippen molar-refractivity contribution in [3.63, 3.8) is 0 Å². The first-order chi connectivity index (χ1) is 16.3. The average Bonchev–Trinajstić information content (AvgIpc) is 3.19. The first-order valence-corrected chi connectivity index (χ1v) is 11.1. The smallest absolute Gasteiger partial charge is 0.406 e. The fraction of sp³-hybridized carbons (Fsp3) is 0.455. The Bertz CT molecular complexity index is 1200. The van der Waals surface area contributed by atoms with Crippen molar-refractivity contribution in [2.45, 2.75) is 19.2 Å². The minimum Gasteiger partial charge on any atom is -0.406 e. The Balaban J connectivity index is 1.22. The van der Waals surface area contributed by atoms with Crippen LogP contribution in [0.4, 0.5) is 24.7 Å². The number of piperazine rings is 1. The maximum absolute atomic E-state index is 13.0. The molecule has 0 radical (unpaired) electrons. The zero-order valence-corrected chi connectivity index (χ0v) is 18.6. The van der Waals surface area contributed by atoms with Crippen LogP contribution in [0.1, 0.15) is 12.0 Å². The van der Waals surface area contributed by atoms with Crippen LogP contribution in [-0.2, 0) is 18.3 Å². The molecular formula is C22H24F3N7O2. The van der Waals surface area contributed by atoms with Crippen molar-refractivity contribution in [3.8, 4) is 5.75 Å². The number of amides is 1. The van der Waals surface area contributed by atoms with Gasteiger partial charge in [-0.2, -0.15) is 5.10 Å². The van der Waals surface area contributed by atoms with Gasteiger partial charge in [-0.05, 0) is 36.6 Å². The minimum atomic E-state index is -4.73. The van der Waals surface area contributed by atoms with E-state index in [1.54, 1.807) is 16.9 Å². The third-order valence-corrected chi connectivity index (χ3v) is 6.27. The van der Waals surface area contributed by atoms with Crippen LogP contribution in [0.2, 0.25) is 0 Å². The second-order valence-corrected chi connectivity index (χ2v) is 8.43. The predicted molar refractivity (Wildman–Crippen MR) is 119 cm³/mol. The normalized spacial score (nSPS) is 16.6. The van der Waals surface area contributed by atoms with Crippen molar-refractivity contribution >= 4 is 28.4 Å². The Morgan fingerprint density at radius 1 is 1.12 bits per heavy atom. The molecule has 0 atom stereocenters. The summed E-state index contributed by atoms with van der Waals surface area (Å²) in [6.07, 6.45) is -0.0415. The molecule has 0 unspecified atom stereocenters. The van der Waals surface area contributed by atoms with E-state index in [0.717, 1.165) is 34.5 Å². The van der Waals surface area contributed by atoms with Gasteiger partial charge in [0, 0.05) is 45.5 Å². The van der Waals surface area contributed by atoms with E-state index in [0.29, 0.717) is 39.1 Å². The summed E-state index contributed by atoms with van der Waals surface area (Å²) in [5.41, 5.74) is 2.30. The minimum absolute atomic E-state index is 0.00247. The highest BCUT2D eigenvalue weighted by molar-refractivity contribution is 5.87. The molecule has 180 valence electrons. The number of halogens is 3. The van der Waals surface area contributed by atoms with Crippen LogP contribution in [0.5, 0.6) is 5.75 Å². The van der Waals surface area contributed by atoms with Gasteiger partial charge in [0.15, 0.2) is 5.65 Å². The van der Waals surface area contributed by atoms with Crippen LogP contribution < -0.4 is 14.5 Å². The predicted octanol–water partition coefficient (Wildman–Crippen LogP) is 2.36. The molecular weight excluding hydrogens is 451 g/mol. The zero-order valence-electron chi connectivity index (χ0n) is 18.6. The van der Waals surface area contributed by atoms with Crippen molar-refractivity contribution in [1.29, 1.82) is 0 Å². The fourth-order valence-corrected chi connectivity index (χ4v) is 4.65. The number of ether oxygens (including phenoxy) is 1. The number of carbonyl (C=O) groups excluding carboxylic acids is 1. The van der Waals surface area contributed by atoms with Crippen molar-refractivity contribution in [2.24, 2.45) is 7.05 Å². The molecule has 4 heterocycles. The summed E-state index contributed by atoms with van der Waals surface area (Å²) in [6.45, 7) is 3.27. The van der Waals surface area contributed by atoms with E-state index in [9.17, 15) is 18.0 Å². The van der Waals surface area contributed by atoms with Gasteiger partial charge in [0.25, 0.3) is 0 Å². The van der Waals surface area contributed by atoms with Crippen molar-refractivity contribution in [1.82, 2.24) is 24.6 Å². The van der Waals surface area contributed by atoms with Crippen LogP contribution in [0.25, 0.3) is 11.0 Å². The average molecular weight is 475 g/mol. The van der Waals surface area contributed by atoms with E-state index in [1.807, 2.05) is 16.8 Å². The molecule has 0 saturated carbocycles. The molecule has 1 aromatic carbocycles. The third-order valence-electron chi connectivity index (χ3n) is 6.27. The summed E-state index contributed by atoms with van der Waals surface area (Å²) in [4.78, 5) is 27.6. The Morgan fingerprint density at radius 2 is 1.91 bits per heavy atom. The molecule has 12 heteroatoms. The molecule has 3 aromatic rings. The lowest BCUT2D eigenvalue weighted by Crippen LogP contribution is -2.52. The van der Waals surface area contributed by atoms with E-state index in [4.69, 9.17) is 0 Å². The molecule has 0 N–H and O–H groups in total. The number of hydrogen-bond donors (Lipinski definition) is 0. The summed E-state index contributed by atoms with van der Waals surface area (Å²) in [5.74, 6) is 0.576. The quantitative estimate of drug-likeness (QED) is 0.573. The highest BCUT2D eigenvalue weighted by Crippen LogP contribution is 2.33. The van der Waals surface area contributed by atoms with Gasteiger partial charge in [-0.1, -0.05) is 0 Å². The fourth-order valence-electron chi connectivity index (χ4n) is 4.65. The van der Waals surface area contributed by atoms with Gasteiger partial charge in [-0.15, -0.1) is 13.2 Å². The largest absolute Gasteiger partial charge is 0.573 e. The topological polar surface area (TPSA) is 79.6 Å². The molecule has 0 spiro atoms. The maximum atomic E-state index is 13.0. The van der Waals surface area contributed by atoms with Gasteiger partial charge in [0.2, 0.25) is 5.91 Å². The van der Waals surface area contributed by atoms with Gasteiger partial charge in [-0.3, -0.25) is 9.48 Å². The van der Waals surface area contributed by atoms with Crippen LogP contribution >= 0.6 is 0 Å². The molecule has 2 aromatic heterocycles. The van der Waals surface area contributed by atoms with Crippen LogP contribution in [-0.4, -0.2) is 76.2 Å². The van der Waals surface area contributed by atoms with Gasteiger partial charge >= 0.3 is 6.36 Å². The highest BCUT2D eigenvalue weighted by atomic mass is 19.4. The van der Waals surface area contributed by atoms with Gasteiger partial charge in [-0.25, -0.2) is 9.97 Å². The number of nitrogens with zero attached hydrogens (tertiary/aromatic N) is 7. The first kappa shape index (κ1) is 22.2. The molecule has 9 nitrogen and oxygen atoms in total. The Morgan fingerprint density at radius 3 is 2.68 bits per heavy atom. The standard InChI is InChI=1S/C22H24F3N7O2/c1-29-20-17(12-28-29)21(27-14-26-20)31-9-7-30(8-10-31)19(33)13-32-6-2-3-15-11-16(4-5-18(15)32)34-22(23,24)25/h4-5,11-12,14H,2-3,6-10,13H2,1H3. The first-order valence-electron chi connectivity index (χ1n) is 11.1. The lowest BCUT2D eigenvalue weighted by Gasteiger charge is -2.37. The highest BCUT2D eigenvalue weighted by Gasteiger charge is 2.32. The molecule has 0 aliphatic carbocycles. The number of aromatic nitrogens is 4. The van der Waals surface area contributed by atoms with Gasteiger partial charge < -0.3 is 19.4 Å². The number of hydrogen-bond acceptors (Lipinski definition) is 7. The Kier molecular flexibility index (Phi) is 5.66. The van der Waals surface area contributed by atoms with E-state index >= 15 is 0 Å². The lowest BCUT2D eigenvalue weighted by atomic mass is 10.0. The number of fused-ring (bicyclic) bond motifs is 2. The van der Waals surface area contributed by atoms with Crippen molar-refractivity contribution < 1.29 is 22.7 Å². The maximum Gasteiger partial charge on any atom is 0.573 e. The zero-order chi connectivity index (χ0) is 23.9. The van der Waals surface area contributed by atoms with Crippen LogP contribution in [0.3, 0.4) is 0 Å². The number of rotatable bonds is 4. The molecule has 1 amide bonds. The van der Waals surface area contributed by atoms with Gasteiger partial charge in [0.1, 0.15) is 17.9 Å². The molecule has 0 bridgehead atoms. The van der Waals surface area contributed by atoms with E-state index in [2.05, 4.69) is 24.7 Å². The van der Waals surface area contributed by atoms with Crippen molar-refractivity contribution in [2.75, 3.05) is 49.1 Å². The molecule has 2 aliphatic heterocycles. The molecule has 2 aliphatic rings. The van der Waals surface area contributed by atoms with Gasteiger partial charge in [0.05, 0.1) is 18.1 Å². The van der Waals surface area contributed by atoms with E-state index in [1.165, 1.54) is 18.5 Å². The number of alkyl halides is 3. The number of carbonyl (C=O) groups is 1. The lowest BCUT2D eigenvalue weighted by molar-refractivity contribution is -0.274. The molecule has 34 heavy (non-hydrogen) atoms. The van der Waals surface area contributed by atoms with E-state index < -0.39 is 6.36 Å². The summed E-state index contributed by atoms with van der Waals surface area (Å²) in [6, 6.07) is 4.32. The van der Waals surface area contributed by atoms with Crippen molar-refractivity contribution in [3.05, 3.63) is 36.3 Å². The number of aryl methyl sites for hydroxylation is 2. The van der Waals surface area contributed by atoms with Crippen LogP contribution in [0.15, 0.2) is 30.7 Å². The summed E-state index contributed by atoms with van der Waals surface area (Å²) in [5, 5.41) is 5.13. The Hall–Kier alpha value is -3.57. The van der Waals surface area contributed by atoms with Crippen LogP contribution in [0, 0.1) is 0 Å². The third kappa shape index (κ3) is 4.44. The summed E-state index contributed by atoms with van der Waals surface area (Å²) >= 11 is 0. The molecule has 1 saturated heterocycles. The Labute approximate surface area is 193 Å². The number of anilines is 2. The summed E-state index contributed by atoms with van der Waals surface area (Å²) in [7, 11) is 1.83.